The molecule has 3 heterocycles. The molecule has 0 saturated carbocycles. The van der Waals surface area contributed by atoms with Crippen LogP contribution in [-0.2, 0) is 4.79 Å². The second kappa shape index (κ2) is 5.39. The van der Waals surface area contributed by atoms with E-state index < -0.39 is 0 Å². The summed E-state index contributed by atoms with van der Waals surface area (Å²) in [4.78, 5) is 23.4. The molecule has 1 aliphatic heterocycles. The van der Waals surface area contributed by atoms with Gasteiger partial charge in [-0.1, -0.05) is 6.92 Å². The molecular weight excluding hydrogens is 264 g/mol. The number of carbonyl (C=O) groups is 1. The van der Waals surface area contributed by atoms with Crippen LogP contribution in [0, 0.1) is 5.92 Å². The van der Waals surface area contributed by atoms with E-state index in [1.807, 2.05) is 17.3 Å². The summed E-state index contributed by atoms with van der Waals surface area (Å²) in [7, 11) is 2.12. The van der Waals surface area contributed by atoms with Gasteiger partial charge in [-0.3, -0.25) is 4.79 Å². The zero-order valence-corrected chi connectivity index (χ0v) is 12.8. The van der Waals surface area contributed by atoms with Crippen molar-refractivity contribution in [1.29, 1.82) is 0 Å². The Morgan fingerprint density at radius 2 is 2.29 bits per heavy atom. The SMILES string of the molecule is CC(=O)N1CC[C@@H](C)C(N(C)c2ccnc3[nH]ccc23)C1. The number of rotatable bonds is 2. The van der Waals surface area contributed by atoms with E-state index in [4.69, 9.17) is 0 Å². The van der Waals surface area contributed by atoms with Gasteiger partial charge in [-0.05, 0) is 24.5 Å². The molecule has 0 bridgehead atoms. The molecule has 2 atom stereocenters. The Morgan fingerprint density at radius 1 is 1.48 bits per heavy atom. The van der Waals surface area contributed by atoms with Crippen molar-refractivity contribution in [2.45, 2.75) is 26.3 Å². The molecule has 112 valence electrons. The van der Waals surface area contributed by atoms with Gasteiger partial charge >= 0.3 is 0 Å². The number of hydrogen-bond donors (Lipinski definition) is 1. The molecule has 21 heavy (non-hydrogen) atoms. The number of H-pyrrole nitrogens is 1. The lowest BCUT2D eigenvalue weighted by Crippen LogP contribution is -2.52. The van der Waals surface area contributed by atoms with E-state index in [-0.39, 0.29) is 5.91 Å². The van der Waals surface area contributed by atoms with Crippen molar-refractivity contribution in [3.8, 4) is 0 Å². The number of nitrogens with zero attached hydrogens (tertiary/aromatic N) is 3. The summed E-state index contributed by atoms with van der Waals surface area (Å²) in [5.74, 6) is 0.731. The van der Waals surface area contributed by atoms with Crippen molar-refractivity contribution in [2.24, 2.45) is 5.92 Å². The van der Waals surface area contributed by atoms with E-state index in [1.54, 1.807) is 6.92 Å². The summed E-state index contributed by atoms with van der Waals surface area (Å²) in [6.07, 6.45) is 4.80. The molecule has 1 unspecified atom stereocenters. The van der Waals surface area contributed by atoms with Crippen LogP contribution >= 0.6 is 0 Å². The number of likely N-dealkylation sites (N-methyl/N-ethyl adjacent to an activating group) is 1. The molecule has 2 aromatic rings. The summed E-state index contributed by atoms with van der Waals surface area (Å²) in [5, 5.41) is 1.13. The van der Waals surface area contributed by atoms with Crippen LogP contribution in [-0.4, -0.2) is 47.0 Å². The largest absolute Gasteiger partial charge is 0.369 e. The number of nitrogens with one attached hydrogen (secondary N) is 1. The van der Waals surface area contributed by atoms with Crippen LogP contribution in [0.25, 0.3) is 11.0 Å². The first-order chi connectivity index (χ1) is 10.1. The topological polar surface area (TPSA) is 52.2 Å². The number of likely N-dealkylation sites (tertiary alicyclic amines) is 1. The highest BCUT2D eigenvalue weighted by Crippen LogP contribution is 2.30. The lowest BCUT2D eigenvalue weighted by atomic mass is 9.92. The second-order valence-corrected chi connectivity index (χ2v) is 5.98. The van der Waals surface area contributed by atoms with Gasteiger partial charge in [0.1, 0.15) is 5.65 Å². The van der Waals surface area contributed by atoms with E-state index in [0.717, 1.165) is 30.5 Å². The van der Waals surface area contributed by atoms with Crippen molar-refractivity contribution in [3.05, 3.63) is 24.5 Å². The maximum Gasteiger partial charge on any atom is 0.219 e. The monoisotopic (exact) mass is 286 g/mol. The Bertz CT molecular complexity index is 651. The van der Waals surface area contributed by atoms with Crippen LogP contribution in [0.3, 0.4) is 0 Å². The summed E-state index contributed by atoms with van der Waals surface area (Å²) in [5.41, 5.74) is 2.08. The van der Waals surface area contributed by atoms with E-state index >= 15 is 0 Å². The normalized spacial score (nSPS) is 22.5. The third-order valence-electron chi connectivity index (χ3n) is 4.68. The standard InChI is InChI=1S/C16H22N4O/c1-11-6-9-20(12(2)21)10-15(11)19(3)14-5-8-18-16-13(14)4-7-17-16/h4-5,7-8,11,15H,6,9-10H2,1-3H3,(H,17,18)/t11-,15?/m1/s1. The molecule has 5 heteroatoms. The summed E-state index contributed by atoms with van der Waals surface area (Å²) in [6.45, 7) is 5.59. The smallest absolute Gasteiger partial charge is 0.219 e. The number of amides is 1. The van der Waals surface area contributed by atoms with Gasteiger partial charge < -0.3 is 14.8 Å². The fourth-order valence-corrected chi connectivity index (χ4v) is 3.27. The Morgan fingerprint density at radius 3 is 3.05 bits per heavy atom. The fourth-order valence-electron chi connectivity index (χ4n) is 3.27. The van der Waals surface area contributed by atoms with Crippen molar-refractivity contribution in [2.75, 3.05) is 25.0 Å². The fraction of sp³-hybridized carbons (Fsp3) is 0.500. The van der Waals surface area contributed by atoms with Gasteiger partial charge in [0, 0.05) is 56.6 Å². The lowest BCUT2D eigenvalue weighted by molar-refractivity contribution is -0.130. The summed E-state index contributed by atoms with van der Waals surface area (Å²) in [6, 6.07) is 4.45. The molecule has 1 saturated heterocycles. The van der Waals surface area contributed by atoms with Gasteiger partial charge in [0.2, 0.25) is 5.91 Å². The lowest BCUT2D eigenvalue weighted by Gasteiger charge is -2.42. The second-order valence-electron chi connectivity index (χ2n) is 5.98. The van der Waals surface area contributed by atoms with Crippen LogP contribution in [0.5, 0.6) is 0 Å². The average molecular weight is 286 g/mol. The molecule has 1 N–H and O–H groups in total. The minimum absolute atomic E-state index is 0.168. The zero-order chi connectivity index (χ0) is 15.0. The Kier molecular flexibility index (Phi) is 3.57. The Labute approximate surface area is 125 Å². The third-order valence-corrected chi connectivity index (χ3v) is 4.68. The number of aromatic nitrogens is 2. The summed E-state index contributed by atoms with van der Waals surface area (Å²) >= 11 is 0. The maximum atomic E-state index is 11.7. The minimum Gasteiger partial charge on any atom is -0.369 e. The third kappa shape index (κ3) is 2.48. The molecule has 2 aromatic heterocycles. The first-order valence-corrected chi connectivity index (χ1v) is 7.48. The molecule has 0 spiro atoms. The highest BCUT2D eigenvalue weighted by atomic mass is 16.2. The number of anilines is 1. The van der Waals surface area contributed by atoms with Gasteiger partial charge in [0.25, 0.3) is 0 Å². The number of pyridine rings is 1. The van der Waals surface area contributed by atoms with Gasteiger partial charge in [-0.15, -0.1) is 0 Å². The van der Waals surface area contributed by atoms with Crippen LogP contribution in [0.1, 0.15) is 20.3 Å². The van der Waals surface area contributed by atoms with E-state index in [2.05, 4.69) is 41.0 Å². The van der Waals surface area contributed by atoms with Crippen molar-refractivity contribution in [1.82, 2.24) is 14.9 Å². The van der Waals surface area contributed by atoms with Crippen molar-refractivity contribution in [3.63, 3.8) is 0 Å². The molecule has 0 aromatic carbocycles. The Hall–Kier alpha value is -2.04. The van der Waals surface area contributed by atoms with Crippen molar-refractivity contribution < 1.29 is 4.79 Å². The average Bonchev–Trinajstić information content (AvgIpc) is 2.95. The number of fused-ring (bicyclic) bond motifs is 1. The highest BCUT2D eigenvalue weighted by Gasteiger charge is 2.31. The van der Waals surface area contributed by atoms with E-state index in [0.29, 0.717) is 12.0 Å². The van der Waals surface area contributed by atoms with E-state index in [1.165, 1.54) is 5.69 Å². The van der Waals surface area contributed by atoms with Crippen LogP contribution in [0.15, 0.2) is 24.5 Å². The molecular formula is C16H22N4O. The number of aromatic amines is 1. The quantitative estimate of drug-likeness (QED) is 0.921. The first-order valence-electron chi connectivity index (χ1n) is 7.48. The molecule has 1 fully saturated rings. The number of piperidine rings is 1. The number of hydrogen-bond acceptors (Lipinski definition) is 3. The predicted molar refractivity (Wildman–Crippen MR) is 84.3 cm³/mol. The molecule has 0 aliphatic carbocycles. The van der Waals surface area contributed by atoms with Crippen LogP contribution in [0.4, 0.5) is 5.69 Å². The van der Waals surface area contributed by atoms with Crippen molar-refractivity contribution >= 4 is 22.6 Å². The van der Waals surface area contributed by atoms with Gasteiger partial charge in [-0.2, -0.15) is 0 Å². The van der Waals surface area contributed by atoms with Crippen LogP contribution < -0.4 is 4.90 Å². The molecule has 1 amide bonds. The van der Waals surface area contributed by atoms with Gasteiger partial charge in [0.05, 0.1) is 0 Å². The predicted octanol–water partition coefficient (Wildman–Crippen LogP) is 2.26. The van der Waals surface area contributed by atoms with Gasteiger partial charge in [0.15, 0.2) is 0 Å². The van der Waals surface area contributed by atoms with Crippen LogP contribution in [0.2, 0.25) is 0 Å². The molecule has 1 aliphatic rings. The maximum absolute atomic E-state index is 11.7. The first kappa shape index (κ1) is 13.9. The molecule has 0 radical (unpaired) electrons. The molecule has 5 nitrogen and oxygen atoms in total. The highest BCUT2D eigenvalue weighted by molar-refractivity contribution is 5.89. The zero-order valence-electron chi connectivity index (χ0n) is 12.8. The Balaban J connectivity index is 1.91. The van der Waals surface area contributed by atoms with Gasteiger partial charge in [-0.25, -0.2) is 4.98 Å². The summed E-state index contributed by atoms with van der Waals surface area (Å²) < 4.78 is 0. The molecule has 3 rings (SSSR count). The van der Waals surface area contributed by atoms with E-state index in [9.17, 15) is 4.79 Å². The minimum atomic E-state index is 0.168. The number of carbonyl (C=O) groups excluding carboxylic acids is 1.